The second-order valence-electron chi connectivity index (χ2n) is 10.5. The number of rotatable bonds is 7. The van der Waals surface area contributed by atoms with Gasteiger partial charge in [0.25, 0.3) is 11.8 Å². The van der Waals surface area contributed by atoms with E-state index < -0.39 is 17.6 Å². The third-order valence-electron chi connectivity index (χ3n) is 8.34. The monoisotopic (exact) mass is 509 g/mol. The molecule has 3 saturated carbocycles. The van der Waals surface area contributed by atoms with Crippen LogP contribution in [0.25, 0.3) is 5.65 Å². The lowest BCUT2D eigenvalue weighted by Crippen LogP contribution is -2.49. The predicted molar refractivity (Wildman–Crippen MR) is 131 cm³/mol. The lowest BCUT2D eigenvalue weighted by molar-refractivity contribution is -0.135. The molecule has 3 aliphatic carbocycles. The zero-order valence-corrected chi connectivity index (χ0v) is 20.9. The summed E-state index contributed by atoms with van der Waals surface area (Å²) in [5.41, 5.74) is 0.513. The van der Waals surface area contributed by atoms with Gasteiger partial charge >= 0.3 is 0 Å². The lowest BCUT2D eigenvalue weighted by Gasteiger charge is -2.52. The number of carbonyl (C=O) groups excluding carboxylic acids is 3. The Morgan fingerprint density at radius 3 is 2.32 bits per heavy atom. The van der Waals surface area contributed by atoms with Gasteiger partial charge in [-0.25, -0.2) is 18.3 Å². The smallest absolute Gasteiger partial charge is 0.270 e. The highest BCUT2D eigenvalue weighted by atomic mass is 19.1. The van der Waals surface area contributed by atoms with Crippen molar-refractivity contribution >= 4 is 23.2 Å². The first kappa shape index (κ1) is 25.0. The fourth-order valence-electron chi connectivity index (χ4n) is 5.72. The van der Waals surface area contributed by atoms with Crippen molar-refractivity contribution in [2.75, 3.05) is 6.54 Å². The molecule has 0 unspecified atom stereocenters. The standard InChI is InChI=1S/C27H29F2N5O3/c1-16-11-18(3-4-19(16)28)13-30-24(36)21-12-22(34-23(33-21)20(29)14-32-34)25(37)31-15-26-5-8-27(9-6-26,10-7-26)17(2)35/h3-4,11-12,14H,5-10,13,15H2,1-2H3,(H,30,36)(H,31,37). The minimum atomic E-state index is -0.753. The molecule has 0 saturated heterocycles. The number of ketones is 1. The van der Waals surface area contributed by atoms with Crippen molar-refractivity contribution in [3.05, 3.63) is 64.6 Å². The second kappa shape index (κ2) is 9.32. The third-order valence-corrected chi connectivity index (χ3v) is 8.34. The van der Waals surface area contributed by atoms with Gasteiger partial charge in [0.2, 0.25) is 0 Å². The van der Waals surface area contributed by atoms with E-state index in [4.69, 9.17) is 0 Å². The maximum Gasteiger partial charge on any atom is 0.270 e. The molecule has 2 heterocycles. The molecule has 8 nitrogen and oxygen atoms in total. The van der Waals surface area contributed by atoms with E-state index in [9.17, 15) is 23.2 Å². The van der Waals surface area contributed by atoms with Gasteiger partial charge in [-0.05, 0) is 75.0 Å². The summed E-state index contributed by atoms with van der Waals surface area (Å²) < 4.78 is 29.0. The van der Waals surface area contributed by atoms with Crippen LogP contribution in [-0.4, -0.2) is 38.7 Å². The number of aromatic nitrogens is 3. The Morgan fingerprint density at radius 2 is 1.68 bits per heavy atom. The quantitative estimate of drug-likeness (QED) is 0.503. The van der Waals surface area contributed by atoms with Crippen molar-refractivity contribution in [2.45, 2.75) is 58.9 Å². The maximum atomic E-state index is 14.4. The Hall–Kier alpha value is -3.69. The Kier molecular flexibility index (Phi) is 6.29. The van der Waals surface area contributed by atoms with E-state index in [0.717, 1.165) is 49.2 Å². The van der Waals surface area contributed by atoms with E-state index in [1.54, 1.807) is 26.0 Å². The number of hydrogen-bond donors (Lipinski definition) is 2. The molecule has 0 atom stereocenters. The number of Topliss-reactive ketones (excluding diaryl/α,β-unsaturated/α-hetero) is 1. The number of benzene rings is 1. The molecule has 6 rings (SSSR count). The van der Waals surface area contributed by atoms with E-state index in [-0.39, 0.29) is 46.0 Å². The van der Waals surface area contributed by atoms with Crippen LogP contribution in [0.2, 0.25) is 0 Å². The summed E-state index contributed by atoms with van der Waals surface area (Å²) in [6.07, 6.45) is 6.05. The van der Waals surface area contributed by atoms with Gasteiger partial charge in [0.05, 0.1) is 6.20 Å². The Labute approximate surface area is 212 Å². The average Bonchev–Trinajstić information content (AvgIpc) is 3.28. The Morgan fingerprint density at radius 1 is 0.973 bits per heavy atom. The largest absolute Gasteiger partial charge is 0.350 e. The number of carbonyl (C=O) groups is 3. The number of fused-ring (bicyclic) bond motifs is 4. The van der Waals surface area contributed by atoms with E-state index in [2.05, 4.69) is 20.7 Å². The molecule has 0 aliphatic heterocycles. The Bertz CT molecular complexity index is 1390. The third kappa shape index (κ3) is 4.60. The number of amides is 2. The van der Waals surface area contributed by atoms with Gasteiger partial charge in [0.15, 0.2) is 11.5 Å². The summed E-state index contributed by atoms with van der Waals surface area (Å²) in [7, 11) is 0. The van der Waals surface area contributed by atoms with Crippen LogP contribution in [0.4, 0.5) is 8.78 Å². The molecule has 2 amide bonds. The molecular formula is C27H29F2N5O3. The van der Waals surface area contributed by atoms with Crippen LogP contribution in [0.5, 0.6) is 0 Å². The van der Waals surface area contributed by atoms with Crippen LogP contribution in [-0.2, 0) is 11.3 Å². The SMILES string of the molecule is CC(=O)C12CCC(CNC(=O)c3cc(C(=O)NCc4ccc(F)c(C)c4)nc4c(F)cnn34)(CC1)CC2. The van der Waals surface area contributed by atoms with Crippen LogP contribution in [0.1, 0.15) is 77.6 Å². The highest BCUT2D eigenvalue weighted by Crippen LogP contribution is 2.56. The number of aryl methyl sites for hydroxylation is 1. The van der Waals surface area contributed by atoms with E-state index >= 15 is 0 Å². The zero-order chi connectivity index (χ0) is 26.4. The van der Waals surface area contributed by atoms with E-state index in [1.807, 2.05) is 0 Å². The van der Waals surface area contributed by atoms with Crippen molar-refractivity contribution in [2.24, 2.45) is 10.8 Å². The van der Waals surface area contributed by atoms with Crippen molar-refractivity contribution in [1.29, 1.82) is 0 Å². The molecular weight excluding hydrogens is 480 g/mol. The molecule has 0 spiro atoms. The van der Waals surface area contributed by atoms with Crippen LogP contribution >= 0.6 is 0 Å². The minimum Gasteiger partial charge on any atom is -0.350 e. The highest BCUT2D eigenvalue weighted by Gasteiger charge is 2.50. The van der Waals surface area contributed by atoms with E-state index in [1.165, 1.54) is 12.1 Å². The summed E-state index contributed by atoms with van der Waals surface area (Å²) in [4.78, 5) is 42.3. The minimum absolute atomic E-state index is 0.00206. The molecule has 2 N–H and O–H groups in total. The first-order valence-electron chi connectivity index (χ1n) is 12.5. The van der Waals surface area contributed by atoms with Gasteiger partial charge < -0.3 is 10.6 Å². The van der Waals surface area contributed by atoms with Crippen LogP contribution in [0.3, 0.4) is 0 Å². The summed E-state index contributed by atoms with van der Waals surface area (Å²) in [5.74, 6) is -1.92. The lowest BCUT2D eigenvalue weighted by atomic mass is 9.52. The van der Waals surface area contributed by atoms with Crippen molar-refractivity contribution in [3.63, 3.8) is 0 Å². The predicted octanol–water partition coefficient (Wildman–Crippen LogP) is 3.91. The topological polar surface area (TPSA) is 105 Å². The maximum absolute atomic E-state index is 14.4. The molecule has 194 valence electrons. The van der Waals surface area contributed by atoms with E-state index in [0.29, 0.717) is 17.7 Å². The molecule has 2 aromatic heterocycles. The fourth-order valence-corrected chi connectivity index (χ4v) is 5.72. The van der Waals surface area contributed by atoms with Crippen LogP contribution in [0, 0.1) is 29.4 Å². The van der Waals surface area contributed by atoms with Gasteiger partial charge in [0, 0.05) is 24.6 Å². The molecule has 3 fully saturated rings. The Balaban J connectivity index is 1.32. The van der Waals surface area contributed by atoms with Crippen molar-refractivity contribution in [1.82, 2.24) is 25.2 Å². The van der Waals surface area contributed by atoms with Crippen molar-refractivity contribution in [3.8, 4) is 0 Å². The van der Waals surface area contributed by atoms with Crippen molar-refractivity contribution < 1.29 is 23.2 Å². The summed E-state index contributed by atoms with van der Waals surface area (Å²) >= 11 is 0. The molecule has 10 heteroatoms. The number of nitrogens with zero attached hydrogens (tertiary/aromatic N) is 3. The molecule has 3 aromatic rings. The number of halogens is 2. The molecule has 3 aliphatic rings. The zero-order valence-electron chi connectivity index (χ0n) is 20.9. The van der Waals surface area contributed by atoms with Gasteiger partial charge in [-0.2, -0.15) is 5.10 Å². The number of nitrogens with one attached hydrogen (secondary N) is 2. The summed E-state index contributed by atoms with van der Waals surface area (Å²) in [6, 6.07) is 5.80. The van der Waals surface area contributed by atoms with Gasteiger partial charge in [-0.1, -0.05) is 12.1 Å². The molecule has 0 radical (unpaired) electrons. The normalized spacial score (nSPS) is 22.7. The van der Waals surface area contributed by atoms with Gasteiger partial charge in [-0.15, -0.1) is 0 Å². The fraction of sp³-hybridized carbons (Fsp3) is 0.444. The first-order chi connectivity index (χ1) is 17.6. The van der Waals surface area contributed by atoms with Crippen LogP contribution < -0.4 is 10.6 Å². The second-order valence-corrected chi connectivity index (χ2v) is 10.5. The van der Waals surface area contributed by atoms with Gasteiger partial charge in [-0.3, -0.25) is 14.4 Å². The molecule has 2 bridgehead atoms. The summed E-state index contributed by atoms with van der Waals surface area (Å²) in [5, 5.41) is 9.58. The average molecular weight is 510 g/mol. The summed E-state index contributed by atoms with van der Waals surface area (Å²) in [6.45, 7) is 3.84. The first-order valence-corrected chi connectivity index (χ1v) is 12.5. The molecule has 37 heavy (non-hydrogen) atoms. The van der Waals surface area contributed by atoms with Gasteiger partial charge in [0.1, 0.15) is 23.0 Å². The highest BCUT2D eigenvalue weighted by molar-refractivity contribution is 5.98. The molecule has 1 aromatic carbocycles. The van der Waals surface area contributed by atoms with Crippen LogP contribution in [0.15, 0.2) is 30.5 Å². The number of hydrogen-bond acceptors (Lipinski definition) is 5.